The van der Waals surface area contributed by atoms with Gasteiger partial charge in [-0.1, -0.05) is 0 Å². The molecule has 5 heterocycles. The minimum atomic E-state index is -3.18. The van der Waals surface area contributed by atoms with E-state index in [1.165, 1.54) is 0 Å². The van der Waals surface area contributed by atoms with Gasteiger partial charge in [-0.25, -0.2) is 65.9 Å². The molecule has 8 nitrogen and oxygen atoms in total. The van der Waals surface area contributed by atoms with E-state index >= 15 is 35.2 Å². The second-order valence-corrected chi connectivity index (χ2v) is 16.9. The van der Waals surface area contributed by atoms with Crippen LogP contribution in [0.25, 0.3) is 0 Å². The quantitative estimate of drug-likeness (QED) is 0.113. The van der Waals surface area contributed by atoms with Gasteiger partial charge in [-0.05, 0) is 12.3 Å². The predicted molar refractivity (Wildman–Crippen MR) is 167 cm³/mol. The molecule has 25 heteroatoms. The van der Waals surface area contributed by atoms with Gasteiger partial charge in [0.15, 0.2) is 43.2 Å². The van der Waals surface area contributed by atoms with Gasteiger partial charge < -0.3 is 0 Å². The summed E-state index contributed by atoms with van der Waals surface area (Å²) in [5, 5.41) is 17.8. The maximum absolute atomic E-state index is 16.7. The van der Waals surface area contributed by atoms with Gasteiger partial charge in [0.25, 0.3) is 0 Å². The van der Waals surface area contributed by atoms with E-state index in [4.69, 9.17) is 0 Å². The van der Waals surface area contributed by atoms with Crippen LogP contribution in [0.5, 0.6) is 0 Å². The zero-order valence-corrected chi connectivity index (χ0v) is 33.0. The molecule has 324 valence electrons. The molecule has 0 aromatic rings. The molecule has 0 amide bonds. The van der Waals surface area contributed by atoms with Crippen LogP contribution in [-0.4, -0.2) is 174 Å². The number of nitrogens with one attached hydrogen (secondary N) is 7. The summed E-state index contributed by atoms with van der Waals surface area (Å²) in [6.45, 7) is 0. The Bertz CT molecular complexity index is 1480. The Morgan fingerprint density at radius 2 is 0.561 bits per heavy atom. The second kappa shape index (κ2) is 15.4. The van der Waals surface area contributed by atoms with Gasteiger partial charge in [0.1, 0.15) is 49.4 Å². The van der Waals surface area contributed by atoms with Crippen LogP contribution in [0.3, 0.4) is 0 Å². The first-order chi connectivity index (χ1) is 26.4. The molecule has 4 aliphatic carbocycles. The fraction of sp³-hybridized carbons (Fsp3) is 1.00. The maximum Gasteiger partial charge on any atom is 0.165 e. The molecular weight excluding hydrogens is 1010 g/mol. The minimum absolute atomic E-state index is 0. The van der Waals surface area contributed by atoms with Crippen LogP contribution in [-0.2, 0) is 0 Å². The van der Waals surface area contributed by atoms with E-state index in [0.717, 1.165) is 0 Å². The molecule has 9 fully saturated rings. The Labute approximate surface area is 334 Å². The van der Waals surface area contributed by atoms with Gasteiger partial charge in [-0.2, -0.15) is 0 Å². The van der Waals surface area contributed by atoms with Crippen LogP contribution < -0.4 is 37.2 Å². The Hall–Kier alpha value is -0.518. The SMILES string of the molecule is FC1CC2C3NC(NC4C5C(F)C(F)C(F)C(F)C5C(NC5NC(NC6NC(N3)C3C(F)C(F)C(F)C(F)C63)C3C(F)C(F)C(F)C(F)C53)N4F)C2C(F)C1F.[Pb]. The molecule has 0 spiro atoms. The van der Waals surface area contributed by atoms with Gasteiger partial charge in [-0.15, -0.1) is 9.60 Å². The zero-order chi connectivity index (χ0) is 40.1. The number of rotatable bonds is 0. The summed E-state index contributed by atoms with van der Waals surface area (Å²) in [4.78, 5) is 0. The van der Waals surface area contributed by atoms with E-state index in [-0.39, 0.29) is 32.4 Å². The molecule has 0 aromatic heterocycles. The van der Waals surface area contributed by atoms with E-state index < -0.39 is 196 Å². The first-order valence-corrected chi connectivity index (χ1v) is 18.8. The van der Waals surface area contributed by atoms with Crippen LogP contribution in [0.2, 0.25) is 0 Å². The number of fused-ring (bicyclic) bond motifs is 20. The number of hydrogen-bond acceptors (Lipinski definition) is 8. The Balaban J connectivity index is 0.00000455. The Morgan fingerprint density at radius 3 is 0.912 bits per heavy atom. The van der Waals surface area contributed by atoms with E-state index in [1.54, 1.807) is 0 Å². The van der Waals surface area contributed by atoms with Crippen LogP contribution in [0, 0.1) is 47.3 Å². The third kappa shape index (κ3) is 6.24. The molecular formula is C32H40F16N8Pb. The number of hydrogen-bond donors (Lipinski definition) is 7. The fourth-order valence-corrected chi connectivity index (χ4v) is 11.8. The standard InChI is InChI=1S/C32H40F16N8.Pb/c33-3-1-2-4(12(35)11(3)34)26-49-25(2)50-27-5-6(14(37)20(43)19(42)13(5)36)28(51-27)52-29-7-8(16(39)22(45)21(44)15(7)38)30(53-29)55-32-10-9(31(54-26)56(32)48)17(40)23(46)24(47)18(10)41;/h2-32,49-55H,1H2;. The second-order valence-electron chi connectivity index (χ2n) is 16.9. The molecule has 4 saturated carbocycles. The number of alkyl halides is 15. The van der Waals surface area contributed by atoms with E-state index in [9.17, 15) is 35.1 Å². The summed E-state index contributed by atoms with van der Waals surface area (Å²) in [6.07, 6.45) is -59.4. The summed E-state index contributed by atoms with van der Waals surface area (Å²) in [6, 6.07) is 0. The van der Waals surface area contributed by atoms with Gasteiger partial charge in [-0.3, -0.25) is 37.2 Å². The molecule has 7 N–H and O–H groups in total. The summed E-state index contributed by atoms with van der Waals surface area (Å²) in [5.74, 6) is -15.2. The van der Waals surface area contributed by atoms with Crippen LogP contribution in [0.1, 0.15) is 6.42 Å². The molecule has 8 bridgehead atoms. The number of nitrogens with zero attached hydrogens (tertiary/aromatic N) is 1. The van der Waals surface area contributed by atoms with Crippen molar-refractivity contribution in [1.29, 1.82) is 0 Å². The molecule has 31 atom stereocenters. The molecule has 5 aliphatic heterocycles. The monoisotopic (exact) mass is 1050 g/mol. The van der Waals surface area contributed by atoms with E-state index in [0.29, 0.717) is 0 Å². The smallest absolute Gasteiger partial charge is 0.165 e. The topological polar surface area (TPSA) is 87.4 Å². The third-order valence-corrected chi connectivity index (χ3v) is 14.4. The average Bonchev–Trinajstić information content (AvgIpc) is 3.89. The molecule has 4 radical (unpaired) electrons. The van der Waals surface area contributed by atoms with Crippen molar-refractivity contribution >= 4 is 27.3 Å². The van der Waals surface area contributed by atoms with E-state index in [2.05, 4.69) is 37.2 Å². The Kier molecular flexibility index (Phi) is 11.6. The summed E-state index contributed by atoms with van der Waals surface area (Å²) in [5.41, 5.74) is 0. The van der Waals surface area contributed by atoms with Crippen molar-refractivity contribution in [2.45, 2.75) is 148 Å². The normalized spacial score (nSPS) is 63.9. The molecule has 57 heavy (non-hydrogen) atoms. The van der Waals surface area contributed by atoms with Crippen LogP contribution in [0.4, 0.5) is 70.3 Å². The largest absolute Gasteiger partial charge is 0.286 e. The van der Waals surface area contributed by atoms with Crippen molar-refractivity contribution < 1.29 is 70.3 Å². The van der Waals surface area contributed by atoms with E-state index in [1.807, 2.05) is 0 Å². The third-order valence-electron chi connectivity index (χ3n) is 14.4. The van der Waals surface area contributed by atoms with Gasteiger partial charge >= 0.3 is 0 Å². The van der Waals surface area contributed by atoms with Crippen molar-refractivity contribution in [3.05, 3.63) is 0 Å². The van der Waals surface area contributed by atoms with Crippen molar-refractivity contribution in [1.82, 2.24) is 42.3 Å². The van der Waals surface area contributed by atoms with Gasteiger partial charge in [0.2, 0.25) is 0 Å². The fourth-order valence-electron chi connectivity index (χ4n) is 11.8. The van der Waals surface area contributed by atoms with Crippen LogP contribution in [0.15, 0.2) is 0 Å². The summed E-state index contributed by atoms with van der Waals surface area (Å²) < 4.78 is 247. The molecule has 0 aromatic carbocycles. The number of halogens is 16. The maximum atomic E-state index is 16.7. The summed E-state index contributed by atoms with van der Waals surface area (Å²) in [7, 11) is 0. The first kappa shape index (κ1) is 43.1. The van der Waals surface area contributed by atoms with Crippen LogP contribution >= 0.6 is 0 Å². The van der Waals surface area contributed by atoms with Crippen molar-refractivity contribution in [3.8, 4) is 0 Å². The van der Waals surface area contributed by atoms with Gasteiger partial charge in [0.05, 0.1) is 49.3 Å². The van der Waals surface area contributed by atoms with Crippen molar-refractivity contribution in [3.63, 3.8) is 0 Å². The summed E-state index contributed by atoms with van der Waals surface area (Å²) >= 11 is 0. The van der Waals surface area contributed by atoms with Crippen molar-refractivity contribution in [2.24, 2.45) is 47.3 Å². The first-order valence-electron chi connectivity index (χ1n) is 18.8. The zero-order valence-electron chi connectivity index (χ0n) is 29.1. The molecule has 9 rings (SSSR count). The Morgan fingerprint density at radius 1 is 0.298 bits per heavy atom. The molecule has 31 unspecified atom stereocenters. The molecule has 9 aliphatic rings. The van der Waals surface area contributed by atoms with Crippen molar-refractivity contribution in [2.75, 3.05) is 0 Å². The molecule has 5 saturated heterocycles. The average molecular weight is 1050 g/mol. The predicted octanol–water partition coefficient (Wildman–Crippen LogP) is 2.04. The minimum Gasteiger partial charge on any atom is -0.286 e. The van der Waals surface area contributed by atoms with Gasteiger partial charge in [0, 0.05) is 68.7 Å².